The van der Waals surface area contributed by atoms with Gasteiger partial charge in [0.1, 0.15) is 0 Å². The highest BCUT2D eigenvalue weighted by atomic mass is 15.3. The molecule has 2 heteroatoms. The first-order valence-electron chi connectivity index (χ1n) is 2.41. The van der Waals surface area contributed by atoms with E-state index >= 15 is 0 Å². The summed E-state index contributed by atoms with van der Waals surface area (Å²) in [5, 5.41) is 0. The Morgan fingerprint density at radius 1 is 1.71 bits per heavy atom. The third-order valence-electron chi connectivity index (χ3n) is 0.729. The van der Waals surface area contributed by atoms with Crippen LogP contribution < -0.4 is 10.9 Å². The predicted molar refractivity (Wildman–Crippen MR) is 31.6 cm³/mol. The topological polar surface area (TPSA) is 24.1 Å². The molecule has 0 aliphatic carbocycles. The van der Waals surface area contributed by atoms with Crippen molar-refractivity contribution in [1.29, 1.82) is 0 Å². The van der Waals surface area contributed by atoms with E-state index in [4.69, 9.17) is 0 Å². The smallest absolute Gasteiger partial charge is 0.0187 e. The van der Waals surface area contributed by atoms with Gasteiger partial charge in [0.25, 0.3) is 0 Å². The summed E-state index contributed by atoms with van der Waals surface area (Å²) in [6.45, 7) is 5.74. The number of allylic oxidation sites excluding steroid dienone is 1. The molecule has 0 aliphatic heterocycles. The largest absolute Gasteiger partial charge is 0.326 e. The summed E-state index contributed by atoms with van der Waals surface area (Å²) in [5.74, 6) is 0. The lowest BCUT2D eigenvalue weighted by Gasteiger charge is -2.01. The van der Waals surface area contributed by atoms with Crippen LogP contribution in [0.2, 0.25) is 0 Å². The van der Waals surface area contributed by atoms with Crippen LogP contribution >= 0.6 is 0 Å². The van der Waals surface area contributed by atoms with Gasteiger partial charge in [-0.3, -0.25) is 0 Å². The summed E-state index contributed by atoms with van der Waals surface area (Å²) in [6, 6.07) is 0. The van der Waals surface area contributed by atoms with Gasteiger partial charge in [-0.25, -0.2) is 5.43 Å². The molecule has 0 spiro atoms. The fourth-order valence-electron chi connectivity index (χ4n) is 0.265. The molecule has 0 bridgehead atoms. The molecule has 0 atom stereocenters. The predicted octanol–water partition coefficient (Wildman–Crippen LogP) is 0.634. The second-order valence-corrected chi connectivity index (χ2v) is 1.33. The monoisotopic (exact) mass is 100 g/mol. The first-order chi connectivity index (χ1) is 3.31. The maximum Gasteiger partial charge on any atom is 0.0187 e. The second kappa shape index (κ2) is 3.68. The maximum atomic E-state index is 3.69. The summed E-state index contributed by atoms with van der Waals surface area (Å²) in [5.41, 5.74) is 6.64. The van der Waals surface area contributed by atoms with Crippen molar-refractivity contribution in [3.05, 3.63) is 12.3 Å². The van der Waals surface area contributed by atoms with Crippen LogP contribution in [0.1, 0.15) is 13.3 Å². The van der Waals surface area contributed by atoms with Crippen LogP contribution in [0.4, 0.5) is 0 Å². The van der Waals surface area contributed by atoms with Gasteiger partial charge < -0.3 is 5.43 Å². The molecule has 0 fully saturated rings. The third kappa shape index (κ3) is 3.33. The van der Waals surface area contributed by atoms with Crippen LogP contribution in [0.5, 0.6) is 0 Å². The molecular formula is C5H12N2. The van der Waals surface area contributed by atoms with E-state index < -0.39 is 0 Å². The Morgan fingerprint density at radius 2 is 2.29 bits per heavy atom. The van der Waals surface area contributed by atoms with Crippen molar-refractivity contribution in [1.82, 2.24) is 10.9 Å². The zero-order valence-corrected chi connectivity index (χ0v) is 4.91. The molecule has 0 aromatic rings. The van der Waals surface area contributed by atoms with Crippen molar-refractivity contribution < 1.29 is 0 Å². The minimum atomic E-state index is 0.973. The van der Waals surface area contributed by atoms with E-state index in [2.05, 4.69) is 17.4 Å². The van der Waals surface area contributed by atoms with Gasteiger partial charge in [-0.05, 0) is 6.42 Å². The molecule has 0 saturated carbocycles. The van der Waals surface area contributed by atoms with Gasteiger partial charge in [-0.15, -0.1) is 0 Å². The standard InChI is InChI=1S/C5H12N2/c1-4-5(2)7-6-3/h6-7H,2,4H2,1,3H3. The zero-order valence-electron chi connectivity index (χ0n) is 4.91. The molecule has 0 amide bonds. The van der Waals surface area contributed by atoms with Crippen LogP contribution in [-0.4, -0.2) is 7.05 Å². The molecule has 0 rings (SSSR count). The zero-order chi connectivity index (χ0) is 5.70. The Bertz CT molecular complexity index is 59.1. The molecule has 7 heavy (non-hydrogen) atoms. The van der Waals surface area contributed by atoms with Crippen LogP contribution in [0, 0.1) is 0 Å². The van der Waals surface area contributed by atoms with E-state index in [0.29, 0.717) is 0 Å². The van der Waals surface area contributed by atoms with Crippen LogP contribution in [0.25, 0.3) is 0 Å². The molecule has 0 saturated heterocycles. The average molecular weight is 100 g/mol. The average Bonchev–Trinajstić information content (AvgIpc) is 1.68. The van der Waals surface area contributed by atoms with Crippen molar-refractivity contribution in [2.24, 2.45) is 0 Å². The quantitative estimate of drug-likeness (QED) is 0.508. The molecule has 2 N–H and O–H groups in total. The van der Waals surface area contributed by atoms with Crippen molar-refractivity contribution in [3.63, 3.8) is 0 Å². The lowest BCUT2D eigenvalue weighted by atomic mass is 10.4. The lowest BCUT2D eigenvalue weighted by molar-refractivity contribution is 0.669. The number of hydrogen-bond acceptors (Lipinski definition) is 2. The molecular weight excluding hydrogens is 88.1 g/mol. The number of nitrogens with one attached hydrogen (secondary N) is 2. The van der Waals surface area contributed by atoms with Gasteiger partial charge in [0.05, 0.1) is 0 Å². The lowest BCUT2D eigenvalue weighted by Crippen LogP contribution is -2.25. The van der Waals surface area contributed by atoms with Gasteiger partial charge >= 0.3 is 0 Å². The van der Waals surface area contributed by atoms with Gasteiger partial charge in [-0.1, -0.05) is 13.5 Å². The molecule has 0 radical (unpaired) electrons. The maximum absolute atomic E-state index is 3.69. The normalized spacial score (nSPS) is 8.29. The number of rotatable bonds is 3. The fraction of sp³-hybridized carbons (Fsp3) is 0.600. The Labute approximate surface area is 44.6 Å². The molecule has 0 aliphatic rings. The Hall–Kier alpha value is -0.500. The molecule has 0 aromatic heterocycles. The van der Waals surface area contributed by atoms with E-state index in [1.54, 1.807) is 0 Å². The Balaban J connectivity index is 3.00. The van der Waals surface area contributed by atoms with E-state index in [9.17, 15) is 0 Å². The van der Waals surface area contributed by atoms with Crippen LogP contribution in [0.3, 0.4) is 0 Å². The first-order valence-corrected chi connectivity index (χ1v) is 2.41. The summed E-state index contributed by atoms with van der Waals surface area (Å²) >= 11 is 0. The number of hydrazine groups is 1. The molecule has 0 aromatic carbocycles. The van der Waals surface area contributed by atoms with E-state index in [1.165, 1.54) is 0 Å². The summed E-state index contributed by atoms with van der Waals surface area (Å²) in [4.78, 5) is 0. The van der Waals surface area contributed by atoms with Gasteiger partial charge in [-0.2, -0.15) is 0 Å². The molecule has 42 valence electrons. The van der Waals surface area contributed by atoms with E-state index in [0.717, 1.165) is 12.1 Å². The van der Waals surface area contributed by atoms with Gasteiger partial charge in [0, 0.05) is 12.7 Å². The Morgan fingerprint density at radius 3 is 2.43 bits per heavy atom. The highest BCUT2D eigenvalue weighted by molar-refractivity contribution is 4.86. The SMILES string of the molecule is C=C(CC)NNC. The number of hydrogen-bond donors (Lipinski definition) is 2. The highest BCUT2D eigenvalue weighted by Crippen LogP contribution is 1.84. The van der Waals surface area contributed by atoms with Crippen molar-refractivity contribution in [2.75, 3.05) is 7.05 Å². The van der Waals surface area contributed by atoms with E-state index in [-0.39, 0.29) is 0 Å². The van der Waals surface area contributed by atoms with E-state index in [1.807, 2.05) is 14.0 Å². The van der Waals surface area contributed by atoms with Crippen molar-refractivity contribution in [3.8, 4) is 0 Å². The van der Waals surface area contributed by atoms with Gasteiger partial charge in [0.2, 0.25) is 0 Å². The second-order valence-electron chi connectivity index (χ2n) is 1.33. The van der Waals surface area contributed by atoms with Crippen molar-refractivity contribution in [2.45, 2.75) is 13.3 Å². The van der Waals surface area contributed by atoms with Crippen molar-refractivity contribution >= 4 is 0 Å². The molecule has 0 heterocycles. The van der Waals surface area contributed by atoms with Crippen LogP contribution in [0.15, 0.2) is 12.3 Å². The first kappa shape index (κ1) is 6.50. The fourth-order valence-corrected chi connectivity index (χ4v) is 0.265. The minimum Gasteiger partial charge on any atom is -0.326 e. The highest BCUT2D eigenvalue weighted by Gasteiger charge is 1.79. The summed E-state index contributed by atoms with van der Waals surface area (Å²) in [6.07, 6.45) is 0.973. The van der Waals surface area contributed by atoms with Gasteiger partial charge in [0.15, 0.2) is 0 Å². The molecule has 2 nitrogen and oxygen atoms in total. The third-order valence-corrected chi connectivity index (χ3v) is 0.729. The summed E-state index contributed by atoms with van der Waals surface area (Å²) < 4.78 is 0. The molecule has 0 unspecified atom stereocenters. The van der Waals surface area contributed by atoms with Crippen LogP contribution in [-0.2, 0) is 0 Å². The summed E-state index contributed by atoms with van der Waals surface area (Å²) in [7, 11) is 1.82. The Kier molecular flexibility index (Phi) is 3.42. The minimum absolute atomic E-state index is 0.973.